The zero-order valence-electron chi connectivity index (χ0n) is 12.1. The molecule has 0 saturated carbocycles. The molecule has 106 valence electrons. The van der Waals surface area contributed by atoms with Gasteiger partial charge in [0.2, 0.25) is 0 Å². The molecule has 1 unspecified atom stereocenters. The third-order valence-electron chi connectivity index (χ3n) is 3.45. The van der Waals surface area contributed by atoms with Crippen LogP contribution in [0.5, 0.6) is 5.75 Å². The minimum atomic E-state index is -0.930. The van der Waals surface area contributed by atoms with E-state index in [9.17, 15) is 9.90 Å². The average molecular weight is 264 g/mol. The van der Waals surface area contributed by atoms with Crippen LogP contribution < -0.4 is 4.74 Å². The Morgan fingerprint density at radius 1 is 1.37 bits per heavy atom. The number of aryl methyl sites for hydroxylation is 1. The Bertz CT molecular complexity index is 412. The van der Waals surface area contributed by atoms with Crippen molar-refractivity contribution in [3.8, 4) is 5.75 Å². The SMILES string of the molecule is CCCCC(CC)COc1c(C)cccc1C(=O)O. The summed E-state index contributed by atoms with van der Waals surface area (Å²) in [6, 6.07) is 5.23. The van der Waals surface area contributed by atoms with Gasteiger partial charge in [-0.1, -0.05) is 45.2 Å². The van der Waals surface area contributed by atoms with Crippen LogP contribution in [0.25, 0.3) is 0 Å². The van der Waals surface area contributed by atoms with Crippen LogP contribution >= 0.6 is 0 Å². The monoisotopic (exact) mass is 264 g/mol. The fourth-order valence-electron chi connectivity index (χ4n) is 2.11. The Morgan fingerprint density at radius 3 is 2.68 bits per heavy atom. The number of carboxylic acids is 1. The van der Waals surface area contributed by atoms with Gasteiger partial charge in [-0.2, -0.15) is 0 Å². The molecule has 0 heterocycles. The molecule has 1 N–H and O–H groups in total. The predicted molar refractivity (Wildman–Crippen MR) is 76.9 cm³/mol. The van der Waals surface area contributed by atoms with Crippen LogP contribution in [-0.2, 0) is 0 Å². The lowest BCUT2D eigenvalue weighted by Gasteiger charge is -2.18. The van der Waals surface area contributed by atoms with E-state index in [1.54, 1.807) is 12.1 Å². The van der Waals surface area contributed by atoms with E-state index >= 15 is 0 Å². The van der Waals surface area contributed by atoms with Crippen molar-refractivity contribution in [1.82, 2.24) is 0 Å². The highest BCUT2D eigenvalue weighted by Gasteiger charge is 2.15. The summed E-state index contributed by atoms with van der Waals surface area (Å²) in [5.41, 5.74) is 1.13. The predicted octanol–water partition coefficient (Wildman–Crippen LogP) is 4.29. The van der Waals surface area contributed by atoms with Crippen LogP contribution in [0.15, 0.2) is 18.2 Å². The Labute approximate surface area is 115 Å². The number of hydrogen-bond acceptors (Lipinski definition) is 2. The highest BCUT2D eigenvalue weighted by Crippen LogP contribution is 2.25. The molecule has 0 amide bonds. The molecule has 1 aromatic rings. The van der Waals surface area contributed by atoms with Crippen LogP contribution in [0.3, 0.4) is 0 Å². The largest absolute Gasteiger partial charge is 0.492 e. The molecule has 3 heteroatoms. The molecule has 19 heavy (non-hydrogen) atoms. The number of aromatic carboxylic acids is 1. The quantitative estimate of drug-likeness (QED) is 0.762. The molecular weight excluding hydrogens is 240 g/mol. The molecule has 1 rings (SSSR count). The fraction of sp³-hybridized carbons (Fsp3) is 0.562. The Hall–Kier alpha value is -1.51. The fourth-order valence-corrected chi connectivity index (χ4v) is 2.11. The summed E-state index contributed by atoms with van der Waals surface area (Å²) in [6.45, 7) is 6.81. The van der Waals surface area contributed by atoms with Gasteiger partial charge in [0, 0.05) is 0 Å². The van der Waals surface area contributed by atoms with E-state index in [2.05, 4.69) is 13.8 Å². The first-order valence-electron chi connectivity index (χ1n) is 7.05. The lowest BCUT2D eigenvalue weighted by molar-refractivity contribution is 0.0690. The van der Waals surface area contributed by atoms with Gasteiger partial charge in [-0.25, -0.2) is 4.79 Å². The third kappa shape index (κ3) is 4.58. The van der Waals surface area contributed by atoms with Crippen LogP contribution in [0.1, 0.15) is 55.5 Å². The number of carboxylic acid groups (broad SMARTS) is 1. The van der Waals surface area contributed by atoms with Gasteiger partial charge < -0.3 is 9.84 Å². The molecule has 0 fully saturated rings. The number of benzene rings is 1. The highest BCUT2D eigenvalue weighted by atomic mass is 16.5. The second kappa shape index (κ2) is 7.82. The molecule has 0 aliphatic rings. The first-order chi connectivity index (χ1) is 9.10. The van der Waals surface area contributed by atoms with Gasteiger partial charge in [-0.05, 0) is 30.9 Å². The number of carbonyl (C=O) groups is 1. The van der Waals surface area contributed by atoms with Crippen molar-refractivity contribution in [3.05, 3.63) is 29.3 Å². The lowest BCUT2D eigenvalue weighted by Crippen LogP contribution is -2.14. The average Bonchev–Trinajstić information content (AvgIpc) is 2.40. The molecule has 0 aromatic heterocycles. The van der Waals surface area contributed by atoms with Crippen molar-refractivity contribution in [2.24, 2.45) is 5.92 Å². The second-order valence-corrected chi connectivity index (χ2v) is 4.98. The summed E-state index contributed by atoms with van der Waals surface area (Å²) in [7, 11) is 0. The first kappa shape index (κ1) is 15.5. The number of para-hydroxylation sites is 1. The van der Waals surface area contributed by atoms with Crippen molar-refractivity contribution in [2.75, 3.05) is 6.61 Å². The van der Waals surface area contributed by atoms with E-state index in [1.165, 1.54) is 12.8 Å². The van der Waals surface area contributed by atoms with Crippen LogP contribution in [0, 0.1) is 12.8 Å². The Morgan fingerprint density at radius 2 is 2.11 bits per heavy atom. The Kier molecular flexibility index (Phi) is 6.40. The number of unbranched alkanes of at least 4 members (excludes halogenated alkanes) is 1. The maximum absolute atomic E-state index is 11.2. The van der Waals surface area contributed by atoms with Gasteiger partial charge in [-0.3, -0.25) is 0 Å². The maximum Gasteiger partial charge on any atom is 0.339 e. The van der Waals surface area contributed by atoms with Gasteiger partial charge in [0.15, 0.2) is 0 Å². The minimum absolute atomic E-state index is 0.255. The van der Waals surface area contributed by atoms with Gasteiger partial charge >= 0.3 is 5.97 Å². The number of rotatable bonds is 8. The summed E-state index contributed by atoms with van der Waals surface area (Å²) in [5.74, 6) is 0.0893. The standard InChI is InChI=1S/C16H24O3/c1-4-6-9-13(5-2)11-19-15-12(3)8-7-10-14(15)16(17)18/h7-8,10,13H,4-6,9,11H2,1-3H3,(H,17,18). The highest BCUT2D eigenvalue weighted by molar-refractivity contribution is 5.91. The van der Waals surface area contributed by atoms with E-state index in [0.717, 1.165) is 18.4 Å². The van der Waals surface area contributed by atoms with Gasteiger partial charge in [-0.15, -0.1) is 0 Å². The molecule has 0 spiro atoms. The summed E-state index contributed by atoms with van der Waals surface area (Å²) < 4.78 is 5.80. The molecule has 1 atom stereocenters. The maximum atomic E-state index is 11.2. The molecular formula is C16H24O3. The molecule has 0 bridgehead atoms. The second-order valence-electron chi connectivity index (χ2n) is 4.98. The molecule has 0 radical (unpaired) electrons. The molecule has 0 saturated heterocycles. The minimum Gasteiger partial charge on any atom is -0.492 e. The van der Waals surface area contributed by atoms with Crippen molar-refractivity contribution < 1.29 is 14.6 Å². The smallest absolute Gasteiger partial charge is 0.339 e. The van der Waals surface area contributed by atoms with Gasteiger partial charge in [0.1, 0.15) is 11.3 Å². The van der Waals surface area contributed by atoms with Gasteiger partial charge in [0.25, 0.3) is 0 Å². The van der Waals surface area contributed by atoms with E-state index in [0.29, 0.717) is 18.3 Å². The molecule has 3 nitrogen and oxygen atoms in total. The van der Waals surface area contributed by atoms with Crippen molar-refractivity contribution >= 4 is 5.97 Å². The van der Waals surface area contributed by atoms with E-state index in [4.69, 9.17) is 4.74 Å². The summed E-state index contributed by atoms with van der Waals surface area (Å²) in [5, 5.41) is 9.17. The molecule has 0 aliphatic heterocycles. The van der Waals surface area contributed by atoms with Crippen LogP contribution in [0.4, 0.5) is 0 Å². The van der Waals surface area contributed by atoms with Crippen molar-refractivity contribution in [1.29, 1.82) is 0 Å². The van der Waals surface area contributed by atoms with Crippen LogP contribution in [0.2, 0.25) is 0 Å². The van der Waals surface area contributed by atoms with Crippen LogP contribution in [-0.4, -0.2) is 17.7 Å². The van der Waals surface area contributed by atoms with Crippen molar-refractivity contribution in [2.45, 2.75) is 46.5 Å². The number of hydrogen-bond donors (Lipinski definition) is 1. The van der Waals surface area contributed by atoms with E-state index < -0.39 is 5.97 Å². The lowest BCUT2D eigenvalue weighted by atomic mass is 10.0. The first-order valence-corrected chi connectivity index (χ1v) is 7.05. The van der Waals surface area contributed by atoms with Crippen molar-refractivity contribution in [3.63, 3.8) is 0 Å². The summed E-state index contributed by atoms with van der Waals surface area (Å²) >= 11 is 0. The third-order valence-corrected chi connectivity index (χ3v) is 3.45. The zero-order chi connectivity index (χ0) is 14.3. The molecule has 1 aromatic carbocycles. The van der Waals surface area contributed by atoms with E-state index in [-0.39, 0.29) is 5.56 Å². The Balaban J connectivity index is 2.73. The zero-order valence-corrected chi connectivity index (χ0v) is 12.1. The normalized spacial score (nSPS) is 12.2. The van der Waals surface area contributed by atoms with E-state index in [1.807, 2.05) is 13.0 Å². The summed E-state index contributed by atoms with van der Waals surface area (Å²) in [4.78, 5) is 11.2. The molecule has 0 aliphatic carbocycles. The number of ether oxygens (including phenoxy) is 1. The topological polar surface area (TPSA) is 46.5 Å². The summed E-state index contributed by atoms with van der Waals surface area (Å²) in [6.07, 6.45) is 4.58. The van der Waals surface area contributed by atoms with Gasteiger partial charge in [0.05, 0.1) is 6.61 Å².